The lowest BCUT2D eigenvalue weighted by Gasteiger charge is -2.22. The van der Waals surface area contributed by atoms with Gasteiger partial charge < -0.3 is 8.97 Å². The second-order valence-electron chi connectivity index (χ2n) is 13.8. The molecule has 0 saturated heterocycles. The van der Waals surface area contributed by atoms with E-state index in [1.807, 2.05) is 0 Å². The number of nitrogens with zero attached hydrogens (tertiary/aromatic N) is 2. The van der Waals surface area contributed by atoms with Gasteiger partial charge in [-0.3, -0.25) is 0 Å². The maximum absolute atomic E-state index is 2.46. The van der Waals surface area contributed by atoms with E-state index in [0.717, 1.165) is 0 Å². The topological polar surface area (TPSA) is 9.34 Å². The zero-order valence-corrected chi connectivity index (χ0v) is 26.3. The first-order valence-electron chi connectivity index (χ1n) is 16.5. The van der Waals surface area contributed by atoms with Gasteiger partial charge in [-0.2, -0.15) is 0 Å². The van der Waals surface area contributed by atoms with Gasteiger partial charge in [-0.15, -0.1) is 0 Å². The van der Waals surface area contributed by atoms with Gasteiger partial charge in [0.1, 0.15) is 0 Å². The second kappa shape index (κ2) is 8.69. The second-order valence-corrected chi connectivity index (χ2v) is 13.8. The lowest BCUT2D eigenvalue weighted by Crippen LogP contribution is -2.15. The standard InChI is InChI=1S/C45H30N2/c1-45(2)38-15-7-3-11-30(38)31-21-20-29(26-39(31)45)46-40-16-8-4-12-32(40)35-23-27(19-22-43(35)46)28-24-36-33-13-5-9-17-41(33)47-42-18-10-6-14-34(42)37(25-28)44(36)47/h3-26H,1-2H3. The summed E-state index contributed by atoms with van der Waals surface area (Å²) < 4.78 is 4.91. The van der Waals surface area contributed by atoms with Crippen LogP contribution in [0.3, 0.4) is 0 Å². The Kier molecular flexibility index (Phi) is 4.68. The molecule has 1 aliphatic carbocycles. The van der Waals surface area contributed by atoms with Gasteiger partial charge in [0, 0.05) is 43.4 Å². The van der Waals surface area contributed by atoms with E-state index in [0.29, 0.717) is 0 Å². The molecule has 11 rings (SSSR count). The third-order valence-corrected chi connectivity index (χ3v) is 11.0. The summed E-state index contributed by atoms with van der Waals surface area (Å²) >= 11 is 0. The Morgan fingerprint density at radius 2 is 0.957 bits per heavy atom. The van der Waals surface area contributed by atoms with Crippen LogP contribution >= 0.6 is 0 Å². The number of rotatable bonds is 2. The molecule has 0 fully saturated rings. The van der Waals surface area contributed by atoms with E-state index < -0.39 is 0 Å². The summed E-state index contributed by atoms with van der Waals surface area (Å²) in [5.74, 6) is 0. The van der Waals surface area contributed by atoms with Crippen molar-refractivity contribution in [2.45, 2.75) is 19.3 Å². The molecule has 0 amide bonds. The number of para-hydroxylation sites is 3. The van der Waals surface area contributed by atoms with E-state index in [4.69, 9.17) is 0 Å². The first-order valence-corrected chi connectivity index (χ1v) is 16.5. The molecule has 10 aromatic rings. The van der Waals surface area contributed by atoms with Crippen LogP contribution in [0.15, 0.2) is 146 Å². The van der Waals surface area contributed by atoms with Crippen molar-refractivity contribution in [1.29, 1.82) is 0 Å². The molecule has 220 valence electrons. The molecule has 47 heavy (non-hydrogen) atoms. The number of fused-ring (bicyclic) bond motifs is 12. The molecule has 0 radical (unpaired) electrons. The zero-order valence-electron chi connectivity index (χ0n) is 26.3. The van der Waals surface area contributed by atoms with Crippen molar-refractivity contribution in [3.8, 4) is 27.9 Å². The van der Waals surface area contributed by atoms with Gasteiger partial charge in [0.15, 0.2) is 0 Å². The highest BCUT2D eigenvalue weighted by Gasteiger charge is 2.35. The normalized spacial score (nSPS) is 13.9. The fourth-order valence-corrected chi connectivity index (χ4v) is 8.88. The minimum atomic E-state index is -0.0460. The van der Waals surface area contributed by atoms with E-state index in [-0.39, 0.29) is 5.41 Å². The fraction of sp³-hybridized carbons (Fsp3) is 0.0667. The highest BCUT2D eigenvalue weighted by Crippen LogP contribution is 2.49. The van der Waals surface area contributed by atoms with Crippen LogP contribution in [-0.2, 0) is 5.41 Å². The fourth-order valence-electron chi connectivity index (χ4n) is 8.88. The number of hydrogen-bond acceptors (Lipinski definition) is 0. The molecule has 0 bridgehead atoms. The van der Waals surface area contributed by atoms with Gasteiger partial charge in [-0.1, -0.05) is 105 Å². The van der Waals surface area contributed by atoms with Crippen LogP contribution in [-0.4, -0.2) is 8.97 Å². The molecular weight excluding hydrogens is 569 g/mol. The van der Waals surface area contributed by atoms with Crippen LogP contribution in [0.2, 0.25) is 0 Å². The van der Waals surface area contributed by atoms with E-state index >= 15 is 0 Å². The smallest absolute Gasteiger partial charge is 0.0620 e. The average Bonchev–Trinajstić information content (AvgIpc) is 3.81. The van der Waals surface area contributed by atoms with Gasteiger partial charge in [0.2, 0.25) is 0 Å². The SMILES string of the molecule is CC1(C)c2ccccc2-c2ccc(-n3c4ccccc4c4cc(-c5cc6c7ccccc7n7c8ccccc8c(c5)c67)ccc43)cc21. The summed E-state index contributed by atoms with van der Waals surface area (Å²) in [7, 11) is 0. The van der Waals surface area contributed by atoms with Gasteiger partial charge in [0.25, 0.3) is 0 Å². The third-order valence-electron chi connectivity index (χ3n) is 11.0. The van der Waals surface area contributed by atoms with Gasteiger partial charge in [-0.05, 0) is 88.0 Å². The predicted octanol–water partition coefficient (Wildman–Crippen LogP) is 11.9. The molecule has 2 heteroatoms. The predicted molar refractivity (Wildman–Crippen MR) is 198 cm³/mol. The Hall–Kier alpha value is -5.86. The minimum absolute atomic E-state index is 0.0460. The van der Waals surface area contributed by atoms with Crippen molar-refractivity contribution in [2.24, 2.45) is 0 Å². The number of benzene rings is 7. The Bertz CT molecular complexity index is 2850. The van der Waals surface area contributed by atoms with Gasteiger partial charge >= 0.3 is 0 Å². The number of aromatic nitrogens is 2. The van der Waals surface area contributed by atoms with Gasteiger partial charge in [0.05, 0.1) is 27.6 Å². The van der Waals surface area contributed by atoms with E-state index in [1.165, 1.54) is 99.0 Å². The summed E-state index contributed by atoms with van der Waals surface area (Å²) in [6, 6.07) is 54.3. The molecule has 0 aliphatic heterocycles. The van der Waals surface area contributed by atoms with Crippen LogP contribution in [0, 0.1) is 0 Å². The molecule has 2 nitrogen and oxygen atoms in total. The number of hydrogen-bond donors (Lipinski definition) is 0. The van der Waals surface area contributed by atoms with Crippen molar-refractivity contribution in [3.05, 3.63) is 157 Å². The summed E-state index contributed by atoms with van der Waals surface area (Å²) in [5.41, 5.74) is 15.5. The van der Waals surface area contributed by atoms with Crippen molar-refractivity contribution in [1.82, 2.24) is 8.97 Å². The average molecular weight is 599 g/mol. The van der Waals surface area contributed by atoms with Crippen LogP contribution < -0.4 is 0 Å². The van der Waals surface area contributed by atoms with E-state index in [1.54, 1.807) is 0 Å². The van der Waals surface area contributed by atoms with Crippen LogP contribution in [0.1, 0.15) is 25.0 Å². The van der Waals surface area contributed by atoms with Crippen molar-refractivity contribution in [2.75, 3.05) is 0 Å². The highest BCUT2D eigenvalue weighted by molar-refractivity contribution is 6.24. The Balaban J connectivity index is 1.15. The molecule has 0 unspecified atom stereocenters. The first kappa shape index (κ1) is 25.3. The maximum Gasteiger partial charge on any atom is 0.0620 e. The lowest BCUT2D eigenvalue weighted by atomic mass is 9.82. The van der Waals surface area contributed by atoms with Crippen LogP contribution in [0.25, 0.3) is 87.8 Å². The summed E-state index contributed by atoms with van der Waals surface area (Å²) in [6.45, 7) is 4.72. The molecule has 1 aliphatic rings. The quantitative estimate of drug-likeness (QED) is 0.187. The molecule has 3 heterocycles. The first-order chi connectivity index (χ1) is 23.1. The summed E-state index contributed by atoms with van der Waals surface area (Å²) in [4.78, 5) is 0. The van der Waals surface area contributed by atoms with Crippen LogP contribution in [0.5, 0.6) is 0 Å². The molecule has 3 aromatic heterocycles. The van der Waals surface area contributed by atoms with Crippen molar-refractivity contribution >= 4 is 59.9 Å². The summed E-state index contributed by atoms with van der Waals surface area (Å²) in [6.07, 6.45) is 0. The zero-order chi connectivity index (χ0) is 31.0. The van der Waals surface area contributed by atoms with Gasteiger partial charge in [-0.25, -0.2) is 0 Å². The molecule has 7 aromatic carbocycles. The minimum Gasteiger partial charge on any atom is -0.309 e. The maximum atomic E-state index is 2.46. The third kappa shape index (κ3) is 3.15. The van der Waals surface area contributed by atoms with Crippen molar-refractivity contribution in [3.63, 3.8) is 0 Å². The molecule has 0 spiro atoms. The molecule has 0 N–H and O–H groups in total. The Morgan fingerprint density at radius 3 is 1.68 bits per heavy atom. The largest absolute Gasteiger partial charge is 0.309 e. The van der Waals surface area contributed by atoms with E-state index in [9.17, 15) is 0 Å². The molecule has 0 saturated carbocycles. The Morgan fingerprint density at radius 1 is 0.404 bits per heavy atom. The van der Waals surface area contributed by atoms with Crippen molar-refractivity contribution < 1.29 is 0 Å². The monoisotopic (exact) mass is 598 g/mol. The van der Waals surface area contributed by atoms with E-state index in [2.05, 4.69) is 168 Å². The summed E-state index contributed by atoms with van der Waals surface area (Å²) in [5, 5.41) is 7.79. The molecule has 0 atom stereocenters. The lowest BCUT2D eigenvalue weighted by molar-refractivity contribution is 0.660. The highest BCUT2D eigenvalue weighted by atomic mass is 15.0. The molecular formula is C45H30N2. The Labute approximate surface area is 272 Å². The van der Waals surface area contributed by atoms with Crippen LogP contribution in [0.4, 0.5) is 0 Å².